The molecule has 4 heteroatoms. The molecule has 1 aliphatic heterocycles. The van der Waals surface area contributed by atoms with Crippen LogP contribution in [-0.2, 0) is 0 Å². The fourth-order valence-electron chi connectivity index (χ4n) is 3.27. The monoisotopic (exact) mass is 328 g/mol. The lowest BCUT2D eigenvalue weighted by atomic mass is 9.97. The van der Waals surface area contributed by atoms with Crippen LogP contribution in [0.2, 0.25) is 0 Å². The number of carbonyl (C=O) groups is 2. The van der Waals surface area contributed by atoms with E-state index in [0.717, 1.165) is 11.1 Å². The number of rotatable bonds is 3. The van der Waals surface area contributed by atoms with Gasteiger partial charge in [-0.1, -0.05) is 60.7 Å². The van der Waals surface area contributed by atoms with Gasteiger partial charge in [0.2, 0.25) is 0 Å². The van der Waals surface area contributed by atoms with Crippen molar-refractivity contribution >= 4 is 17.5 Å². The molecule has 1 aliphatic rings. The molecule has 0 saturated carbocycles. The van der Waals surface area contributed by atoms with Crippen molar-refractivity contribution in [3.8, 4) is 0 Å². The number of nitrogens with two attached hydrogens (primary N) is 1. The van der Waals surface area contributed by atoms with Crippen molar-refractivity contribution in [3.05, 3.63) is 101 Å². The zero-order valence-corrected chi connectivity index (χ0v) is 13.4. The Morgan fingerprint density at radius 1 is 0.680 bits per heavy atom. The molecule has 3 aromatic carbocycles. The minimum Gasteiger partial charge on any atom is -0.399 e. The zero-order chi connectivity index (χ0) is 17.4. The summed E-state index contributed by atoms with van der Waals surface area (Å²) >= 11 is 0. The minimum atomic E-state index is -0.476. The number of hydrogen-bond donors (Lipinski definition) is 1. The van der Waals surface area contributed by atoms with Crippen LogP contribution in [0, 0.1) is 0 Å². The summed E-state index contributed by atoms with van der Waals surface area (Å²) in [7, 11) is 0. The van der Waals surface area contributed by atoms with Crippen LogP contribution in [0.5, 0.6) is 0 Å². The van der Waals surface area contributed by atoms with Gasteiger partial charge in [-0.25, -0.2) is 0 Å². The van der Waals surface area contributed by atoms with Gasteiger partial charge in [0.25, 0.3) is 11.8 Å². The van der Waals surface area contributed by atoms with Gasteiger partial charge in [-0.05, 0) is 29.3 Å². The molecule has 122 valence electrons. The third-order valence-electron chi connectivity index (χ3n) is 4.43. The first-order chi connectivity index (χ1) is 12.2. The van der Waals surface area contributed by atoms with Crippen molar-refractivity contribution < 1.29 is 9.59 Å². The molecule has 3 aromatic rings. The lowest BCUT2D eigenvalue weighted by molar-refractivity contribution is 0.0608. The normalized spacial score (nSPS) is 13.4. The standard InChI is InChI=1S/C21H16N2O2/c22-16-11-12-17-18(13-16)21(25)23(20(17)24)19(14-7-3-1-4-8-14)15-9-5-2-6-10-15/h1-13,19H,22H2. The van der Waals surface area contributed by atoms with E-state index in [0.29, 0.717) is 16.8 Å². The van der Waals surface area contributed by atoms with Gasteiger partial charge in [0.1, 0.15) is 0 Å². The summed E-state index contributed by atoms with van der Waals surface area (Å²) in [5, 5.41) is 0. The summed E-state index contributed by atoms with van der Waals surface area (Å²) in [5.74, 6) is -0.609. The molecule has 0 atom stereocenters. The molecule has 25 heavy (non-hydrogen) atoms. The molecular weight excluding hydrogens is 312 g/mol. The lowest BCUT2D eigenvalue weighted by Gasteiger charge is -2.27. The van der Waals surface area contributed by atoms with Crippen molar-refractivity contribution in [1.82, 2.24) is 4.90 Å². The van der Waals surface area contributed by atoms with Crippen LogP contribution in [0.25, 0.3) is 0 Å². The molecule has 0 aliphatic carbocycles. The minimum absolute atomic E-state index is 0.294. The molecule has 0 fully saturated rings. The largest absolute Gasteiger partial charge is 0.399 e. The van der Waals surface area contributed by atoms with E-state index < -0.39 is 6.04 Å². The fourth-order valence-corrected chi connectivity index (χ4v) is 3.27. The number of nitrogens with zero attached hydrogens (tertiary/aromatic N) is 1. The maximum Gasteiger partial charge on any atom is 0.262 e. The summed E-state index contributed by atoms with van der Waals surface area (Å²) in [6.07, 6.45) is 0. The Kier molecular flexibility index (Phi) is 3.58. The molecule has 0 spiro atoms. The molecule has 4 nitrogen and oxygen atoms in total. The Hall–Kier alpha value is -3.40. The van der Waals surface area contributed by atoms with Crippen LogP contribution >= 0.6 is 0 Å². The highest BCUT2D eigenvalue weighted by molar-refractivity contribution is 6.22. The van der Waals surface area contributed by atoms with Crippen LogP contribution in [0.3, 0.4) is 0 Å². The first-order valence-corrected chi connectivity index (χ1v) is 8.04. The van der Waals surface area contributed by atoms with Gasteiger partial charge in [-0.3, -0.25) is 14.5 Å². The first-order valence-electron chi connectivity index (χ1n) is 8.04. The SMILES string of the molecule is Nc1ccc2c(c1)C(=O)N(C(c1ccccc1)c1ccccc1)C2=O. The van der Waals surface area contributed by atoms with Crippen LogP contribution in [0.4, 0.5) is 5.69 Å². The van der Waals surface area contributed by atoms with Gasteiger partial charge in [0, 0.05) is 5.69 Å². The smallest absolute Gasteiger partial charge is 0.262 e. The summed E-state index contributed by atoms with van der Waals surface area (Å²) in [6.45, 7) is 0. The van der Waals surface area contributed by atoms with Gasteiger partial charge < -0.3 is 5.73 Å². The number of fused-ring (bicyclic) bond motifs is 1. The van der Waals surface area contributed by atoms with Crippen LogP contribution < -0.4 is 5.73 Å². The number of benzene rings is 3. The van der Waals surface area contributed by atoms with E-state index in [1.807, 2.05) is 60.7 Å². The van der Waals surface area contributed by atoms with Crippen molar-refractivity contribution in [3.63, 3.8) is 0 Å². The average molecular weight is 328 g/mol. The number of anilines is 1. The van der Waals surface area contributed by atoms with E-state index in [-0.39, 0.29) is 11.8 Å². The van der Waals surface area contributed by atoms with E-state index in [2.05, 4.69) is 0 Å². The van der Waals surface area contributed by atoms with E-state index >= 15 is 0 Å². The molecule has 2 N–H and O–H groups in total. The van der Waals surface area contributed by atoms with Crippen LogP contribution in [0.1, 0.15) is 37.9 Å². The van der Waals surface area contributed by atoms with Gasteiger partial charge in [0.05, 0.1) is 17.2 Å². The topological polar surface area (TPSA) is 63.4 Å². The molecule has 0 unspecified atom stereocenters. The molecule has 1 heterocycles. The number of hydrogen-bond acceptors (Lipinski definition) is 3. The summed E-state index contributed by atoms with van der Waals surface area (Å²) in [4.78, 5) is 27.3. The Morgan fingerprint density at radius 2 is 1.20 bits per heavy atom. The predicted molar refractivity (Wildman–Crippen MR) is 96.1 cm³/mol. The van der Waals surface area contributed by atoms with Crippen molar-refractivity contribution in [2.45, 2.75) is 6.04 Å². The third kappa shape index (κ3) is 2.48. The van der Waals surface area contributed by atoms with Gasteiger partial charge >= 0.3 is 0 Å². The van der Waals surface area contributed by atoms with Crippen molar-refractivity contribution in [2.24, 2.45) is 0 Å². The maximum absolute atomic E-state index is 13.0. The zero-order valence-electron chi connectivity index (χ0n) is 13.4. The Bertz CT molecular complexity index is 913. The fraction of sp³-hybridized carbons (Fsp3) is 0.0476. The molecule has 0 bridgehead atoms. The number of nitrogen functional groups attached to an aromatic ring is 1. The number of imide groups is 1. The molecule has 4 rings (SSSR count). The van der Waals surface area contributed by atoms with E-state index in [4.69, 9.17) is 5.73 Å². The number of carbonyl (C=O) groups excluding carboxylic acids is 2. The van der Waals surface area contributed by atoms with Crippen molar-refractivity contribution in [2.75, 3.05) is 5.73 Å². The van der Waals surface area contributed by atoms with Crippen LogP contribution in [-0.4, -0.2) is 16.7 Å². The maximum atomic E-state index is 13.0. The van der Waals surface area contributed by atoms with Gasteiger partial charge in [-0.2, -0.15) is 0 Å². The second-order valence-electron chi connectivity index (χ2n) is 6.01. The third-order valence-corrected chi connectivity index (χ3v) is 4.43. The number of amides is 2. The van der Waals surface area contributed by atoms with Gasteiger partial charge in [-0.15, -0.1) is 0 Å². The quantitative estimate of drug-likeness (QED) is 0.589. The highest BCUT2D eigenvalue weighted by atomic mass is 16.2. The first kappa shape index (κ1) is 15.1. The Morgan fingerprint density at radius 3 is 1.76 bits per heavy atom. The van der Waals surface area contributed by atoms with E-state index in [1.165, 1.54) is 4.90 Å². The molecule has 2 amide bonds. The summed E-state index contributed by atoms with van der Waals surface area (Å²) in [5.41, 5.74) is 8.80. The van der Waals surface area contributed by atoms with Gasteiger partial charge in [0.15, 0.2) is 0 Å². The lowest BCUT2D eigenvalue weighted by Crippen LogP contribution is -2.34. The van der Waals surface area contributed by atoms with Crippen LogP contribution in [0.15, 0.2) is 78.9 Å². The van der Waals surface area contributed by atoms with Crippen molar-refractivity contribution in [1.29, 1.82) is 0 Å². The summed E-state index contributed by atoms with van der Waals surface area (Å²) < 4.78 is 0. The highest BCUT2D eigenvalue weighted by Crippen LogP contribution is 2.36. The Labute approximate surface area is 145 Å². The molecular formula is C21H16N2O2. The van der Waals surface area contributed by atoms with E-state index in [1.54, 1.807) is 18.2 Å². The second kappa shape index (κ2) is 5.91. The second-order valence-corrected chi connectivity index (χ2v) is 6.01. The molecule has 0 aromatic heterocycles. The summed E-state index contributed by atoms with van der Waals surface area (Å²) in [6, 6.07) is 23.5. The average Bonchev–Trinajstić information content (AvgIpc) is 2.88. The highest BCUT2D eigenvalue weighted by Gasteiger charge is 2.41. The Balaban J connectivity index is 1.87. The molecule has 0 saturated heterocycles. The molecule has 0 radical (unpaired) electrons. The van der Waals surface area contributed by atoms with E-state index in [9.17, 15) is 9.59 Å². The predicted octanol–water partition coefficient (Wildman–Crippen LogP) is 3.65.